The molecule has 2 rings (SSSR count). The van der Waals surface area contributed by atoms with Crippen LogP contribution in [0.2, 0.25) is 0 Å². The molecule has 0 unspecified atom stereocenters. The fourth-order valence-electron chi connectivity index (χ4n) is 2.61. The Morgan fingerprint density at radius 3 is 2.28 bits per heavy atom. The van der Waals surface area contributed by atoms with E-state index in [-0.39, 0.29) is 17.6 Å². The van der Waals surface area contributed by atoms with Gasteiger partial charge in [0.25, 0.3) is 0 Å². The molecule has 1 N–H and O–H groups in total. The van der Waals surface area contributed by atoms with E-state index >= 15 is 0 Å². The monoisotopic (exact) mass is 257 g/mol. The summed E-state index contributed by atoms with van der Waals surface area (Å²) in [6, 6.07) is 0. The van der Waals surface area contributed by atoms with Gasteiger partial charge in [-0.2, -0.15) is 0 Å². The number of carboxylic acid groups (broad SMARTS) is 1. The summed E-state index contributed by atoms with van der Waals surface area (Å²) in [5, 5.41) is 8.47. The Bertz CT molecular complexity index is 359. The van der Waals surface area contributed by atoms with Crippen molar-refractivity contribution in [3.05, 3.63) is 0 Å². The molecule has 2 aliphatic rings. The fraction of sp³-hybridized carbons (Fsp3) is 0.833. The second kappa shape index (κ2) is 4.03. The smallest absolute Gasteiger partial charge is 0.450 e. The summed E-state index contributed by atoms with van der Waals surface area (Å²) in [5.74, 6) is 0. The van der Waals surface area contributed by atoms with Crippen molar-refractivity contribution in [3.63, 3.8) is 0 Å². The molecule has 1 aliphatic carbocycles. The SMILES string of the molecule is CC(C)(C)OC(=O)N1CC2(CC(OC(=O)O)C2)C1. The van der Waals surface area contributed by atoms with Crippen LogP contribution in [0.4, 0.5) is 9.59 Å². The number of likely N-dealkylation sites (tertiary alicyclic amines) is 1. The molecule has 0 aromatic carbocycles. The highest BCUT2D eigenvalue weighted by molar-refractivity contribution is 5.69. The minimum Gasteiger partial charge on any atom is -0.450 e. The zero-order chi connectivity index (χ0) is 13.6. The van der Waals surface area contributed by atoms with Crippen LogP contribution in [0.5, 0.6) is 0 Å². The highest BCUT2D eigenvalue weighted by Gasteiger charge is 2.55. The first-order valence-corrected chi connectivity index (χ1v) is 6.07. The molecule has 1 heterocycles. The van der Waals surface area contributed by atoms with Crippen LogP contribution in [0.25, 0.3) is 0 Å². The van der Waals surface area contributed by atoms with Crippen LogP contribution in [0.15, 0.2) is 0 Å². The number of rotatable bonds is 1. The fourth-order valence-corrected chi connectivity index (χ4v) is 2.61. The molecule has 1 saturated heterocycles. The summed E-state index contributed by atoms with van der Waals surface area (Å²) in [6.07, 6.45) is -0.311. The average Bonchev–Trinajstić information content (AvgIpc) is 2.02. The van der Waals surface area contributed by atoms with Crippen LogP contribution in [-0.2, 0) is 9.47 Å². The molecular formula is C12H19NO5. The largest absolute Gasteiger partial charge is 0.506 e. The summed E-state index contributed by atoms with van der Waals surface area (Å²) in [6.45, 7) is 6.78. The lowest BCUT2D eigenvalue weighted by molar-refractivity contribution is -0.132. The number of hydrogen-bond acceptors (Lipinski definition) is 4. The summed E-state index contributed by atoms with van der Waals surface area (Å²) in [7, 11) is 0. The summed E-state index contributed by atoms with van der Waals surface area (Å²) in [5.41, 5.74) is -0.411. The molecular weight excluding hydrogens is 238 g/mol. The van der Waals surface area contributed by atoms with Gasteiger partial charge in [-0.05, 0) is 33.6 Å². The van der Waals surface area contributed by atoms with Gasteiger partial charge in [-0.25, -0.2) is 9.59 Å². The first-order chi connectivity index (χ1) is 8.19. The van der Waals surface area contributed by atoms with E-state index in [0.29, 0.717) is 25.9 Å². The molecule has 18 heavy (non-hydrogen) atoms. The van der Waals surface area contributed by atoms with E-state index in [4.69, 9.17) is 9.84 Å². The molecule has 2 fully saturated rings. The van der Waals surface area contributed by atoms with Crippen molar-refractivity contribution in [1.29, 1.82) is 0 Å². The molecule has 0 aromatic rings. The zero-order valence-electron chi connectivity index (χ0n) is 10.9. The van der Waals surface area contributed by atoms with Crippen molar-refractivity contribution in [2.24, 2.45) is 5.41 Å². The Labute approximate surface area is 106 Å². The Hall–Kier alpha value is -1.46. The van der Waals surface area contributed by atoms with E-state index in [1.807, 2.05) is 20.8 Å². The normalized spacial score (nSPS) is 22.1. The molecule has 102 valence electrons. The van der Waals surface area contributed by atoms with Crippen molar-refractivity contribution in [2.75, 3.05) is 13.1 Å². The quantitative estimate of drug-likeness (QED) is 0.728. The Morgan fingerprint density at radius 1 is 1.28 bits per heavy atom. The topological polar surface area (TPSA) is 76.1 Å². The molecule has 1 saturated carbocycles. The van der Waals surface area contributed by atoms with Crippen molar-refractivity contribution in [1.82, 2.24) is 4.90 Å². The third-order valence-electron chi connectivity index (χ3n) is 3.29. The maximum atomic E-state index is 11.7. The van der Waals surface area contributed by atoms with Crippen LogP contribution < -0.4 is 0 Å². The third-order valence-corrected chi connectivity index (χ3v) is 3.29. The van der Waals surface area contributed by atoms with Crippen molar-refractivity contribution in [2.45, 2.75) is 45.3 Å². The predicted octanol–water partition coefficient (Wildman–Crippen LogP) is 2.08. The van der Waals surface area contributed by atoms with Crippen molar-refractivity contribution >= 4 is 12.2 Å². The molecule has 0 aromatic heterocycles. The molecule has 1 spiro atoms. The highest BCUT2D eigenvalue weighted by atomic mass is 16.7. The number of hydrogen-bond donors (Lipinski definition) is 1. The van der Waals surface area contributed by atoms with E-state index in [2.05, 4.69) is 4.74 Å². The van der Waals surface area contributed by atoms with Crippen LogP contribution in [0.1, 0.15) is 33.6 Å². The van der Waals surface area contributed by atoms with Crippen LogP contribution in [0.3, 0.4) is 0 Å². The summed E-state index contributed by atoms with van der Waals surface area (Å²) >= 11 is 0. The minimum atomic E-state index is -1.22. The lowest BCUT2D eigenvalue weighted by atomic mass is 9.62. The molecule has 6 heteroatoms. The van der Waals surface area contributed by atoms with Crippen molar-refractivity contribution < 1.29 is 24.2 Å². The lowest BCUT2D eigenvalue weighted by Crippen LogP contribution is -2.65. The van der Waals surface area contributed by atoms with Gasteiger partial charge >= 0.3 is 12.2 Å². The van der Waals surface area contributed by atoms with Crippen LogP contribution in [0, 0.1) is 5.41 Å². The number of carbonyl (C=O) groups excluding carboxylic acids is 1. The molecule has 1 amide bonds. The van der Waals surface area contributed by atoms with Gasteiger partial charge in [-0.1, -0.05) is 0 Å². The number of carbonyl (C=O) groups is 2. The van der Waals surface area contributed by atoms with Gasteiger partial charge < -0.3 is 19.5 Å². The van der Waals surface area contributed by atoms with E-state index in [1.165, 1.54) is 0 Å². The van der Waals surface area contributed by atoms with E-state index in [0.717, 1.165) is 0 Å². The number of nitrogens with zero attached hydrogens (tertiary/aromatic N) is 1. The molecule has 6 nitrogen and oxygen atoms in total. The first kappa shape index (κ1) is 13.0. The molecule has 0 radical (unpaired) electrons. The minimum absolute atomic E-state index is 0.0665. The lowest BCUT2D eigenvalue weighted by Gasteiger charge is -2.57. The van der Waals surface area contributed by atoms with Gasteiger partial charge in [0.2, 0.25) is 0 Å². The summed E-state index contributed by atoms with van der Waals surface area (Å²) < 4.78 is 9.93. The van der Waals surface area contributed by atoms with E-state index in [1.54, 1.807) is 4.90 Å². The average molecular weight is 257 g/mol. The Balaban J connectivity index is 1.72. The van der Waals surface area contributed by atoms with Gasteiger partial charge in [0.15, 0.2) is 0 Å². The Kier molecular flexibility index (Phi) is 2.91. The maximum Gasteiger partial charge on any atom is 0.506 e. The van der Waals surface area contributed by atoms with Crippen LogP contribution >= 0.6 is 0 Å². The van der Waals surface area contributed by atoms with Gasteiger partial charge in [0, 0.05) is 18.5 Å². The molecule has 0 atom stereocenters. The zero-order valence-corrected chi connectivity index (χ0v) is 10.9. The number of amides is 1. The highest BCUT2D eigenvalue weighted by Crippen LogP contribution is 2.49. The van der Waals surface area contributed by atoms with Gasteiger partial charge in [-0.15, -0.1) is 0 Å². The van der Waals surface area contributed by atoms with Gasteiger partial charge in [0.05, 0.1) is 0 Å². The Morgan fingerprint density at radius 2 is 1.83 bits per heavy atom. The second-order valence-corrected chi connectivity index (χ2v) is 6.25. The first-order valence-electron chi connectivity index (χ1n) is 6.07. The van der Waals surface area contributed by atoms with Crippen LogP contribution in [-0.4, -0.2) is 47.0 Å². The molecule has 1 aliphatic heterocycles. The van der Waals surface area contributed by atoms with Crippen molar-refractivity contribution in [3.8, 4) is 0 Å². The van der Waals surface area contributed by atoms with Gasteiger partial charge in [-0.3, -0.25) is 0 Å². The van der Waals surface area contributed by atoms with E-state index < -0.39 is 11.8 Å². The number of ether oxygens (including phenoxy) is 2. The standard InChI is InChI=1S/C12H19NO5/c1-11(2,3)18-9(14)13-6-12(7-13)4-8(5-12)17-10(15)16/h8H,4-7H2,1-3H3,(H,15,16). The van der Waals surface area contributed by atoms with Gasteiger partial charge in [0.1, 0.15) is 11.7 Å². The molecule has 0 bridgehead atoms. The predicted molar refractivity (Wildman–Crippen MR) is 62.4 cm³/mol. The summed E-state index contributed by atoms with van der Waals surface area (Å²) in [4.78, 5) is 23.7. The second-order valence-electron chi connectivity index (χ2n) is 6.25. The van der Waals surface area contributed by atoms with E-state index in [9.17, 15) is 9.59 Å². The third kappa shape index (κ3) is 2.68. The maximum absolute atomic E-state index is 11.7.